The van der Waals surface area contributed by atoms with Gasteiger partial charge in [-0.05, 0) is 42.4 Å². The lowest BCUT2D eigenvalue weighted by molar-refractivity contribution is -0.150. The number of amides is 3. The smallest absolute Gasteiger partial charge is 0.326 e. The summed E-state index contributed by atoms with van der Waals surface area (Å²) in [5.41, 5.74) is 8.98. The Bertz CT molecular complexity index is 1370. The number of benzene rings is 2. The molecule has 0 aliphatic carbocycles. The number of hydrogen-bond donors (Lipinski definition) is 5. The van der Waals surface area contributed by atoms with Crippen LogP contribution in [0.15, 0.2) is 60.8 Å². The van der Waals surface area contributed by atoms with Crippen LogP contribution < -0.4 is 16.4 Å². The van der Waals surface area contributed by atoms with Gasteiger partial charge < -0.3 is 31.4 Å². The molecule has 6 N–H and O–H groups in total. The second-order valence-electron chi connectivity index (χ2n) is 10.8. The number of aromatic nitrogens is 1. The first-order valence-corrected chi connectivity index (χ1v) is 14.2. The molecule has 1 fully saturated rings. The zero-order valence-electron chi connectivity index (χ0n) is 23.5. The van der Waals surface area contributed by atoms with Crippen molar-refractivity contribution in [3.05, 3.63) is 71.9 Å². The molecule has 3 amide bonds. The third kappa shape index (κ3) is 7.13. The molecule has 5 atom stereocenters. The molecule has 0 radical (unpaired) electrons. The number of aromatic amines is 1. The molecule has 0 bridgehead atoms. The molecule has 1 aromatic heterocycles. The van der Waals surface area contributed by atoms with Gasteiger partial charge >= 0.3 is 5.97 Å². The van der Waals surface area contributed by atoms with E-state index in [9.17, 15) is 24.3 Å². The lowest BCUT2D eigenvalue weighted by Gasteiger charge is -2.31. The predicted octanol–water partition coefficient (Wildman–Crippen LogP) is 2.37. The minimum absolute atomic E-state index is 0.196. The number of nitrogens with two attached hydrogens (primary N) is 1. The molecule has 2 heterocycles. The third-order valence-corrected chi connectivity index (χ3v) is 7.96. The van der Waals surface area contributed by atoms with E-state index >= 15 is 0 Å². The van der Waals surface area contributed by atoms with Crippen LogP contribution in [0.4, 0.5) is 0 Å². The van der Waals surface area contributed by atoms with Crippen molar-refractivity contribution in [3.63, 3.8) is 0 Å². The van der Waals surface area contributed by atoms with Crippen LogP contribution in [0.5, 0.6) is 0 Å². The SMILES string of the molecule is CCC(C)C(NC(=O)C(Cc1ccccc1)NC(=O)C(N)Cc1c[nH]c2ccccc12)C(=O)N1CCCC1C(=O)O. The van der Waals surface area contributed by atoms with Crippen molar-refractivity contribution in [3.8, 4) is 0 Å². The number of aliphatic carboxylic acids is 1. The van der Waals surface area contributed by atoms with Crippen LogP contribution in [-0.2, 0) is 32.0 Å². The minimum atomic E-state index is -1.05. The average Bonchev–Trinajstić information content (AvgIpc) is 3.63. The fourth-order valence-corrected chi connectivity index (χ4v) is 5.37. The molecule has 1 aliphatic rings. The van der Waals surface area contributed by atoms with Gasteiger partial charge in [-0.1, -0.05) is 68.8 Å². The van der Waals surface area contributed by atoms with Gasteiger partial charge in [0.1, 0.15) is 18.1 Å². The normalized spacial score (nSPS) is 17.9. The quantitative estimate of drug-likeness (QED) is 0.228. The third-order valence-electron chi connectivity index (χ3n) is 7.96. The standard InChI is InChI=1S/C31H39N5O5/c1-3-19(2)27(30(39)36-15-9-14-26(36)31(40)41)35-29(38)25(16-20-10-5-4-6-11-20)34-28(37)23(32)17-21-18-33-24-13-8-7-12-22(21)24/h4-8,10-13,18-19,23,25-27,33H,3,9,14-17,32H2,1-2H3,(H,34,37)(H,35,38)(H,40,41). The lowest BCUT2D eigenvalue weighted by Crippen LogP contribution is -2.59. The summed E-state index contributed by atoms with van der Waals surface area (Å²) in [6.45, 7) is 4.07. The molecule has 41 heavy (non-hydrogen) atoms. The molecule has 1 aliphatic heterocycles. The fourth-order valence-electron chi connectivity index (χ4n) is 5.37. The van der Waals surface area contributed by atoms with Crippen LogP contribution >= 0.6 is 0 Å². The predicted molar refractivity (Wildman–Crippen MR) is 156 cm³/mol. The van der Waals surface area contributed by atoms with E-state index in [1.807, 2.05) is 74.6 Å². The van der Waals surface area contributed by atoms with Gasteiger partial charge in [0.05, 0.1) is 6.04 Å². The number of nitrogens with zero attached hydrogens (tertiary/aromatic N) is 1. The summed E-state index contributed by atoms with van der Waals surface area (Å²) < 4.78 is 0. The first-order chi connectivity index (χ1) is 19.7. The van der Waals surface area contributed by atoms with Crippen LogP contribution in [0.3, 0.4) is 0 Å². The number of rotatable bonds is 12. The number of carboxylic acid groups (broad SMARTS) is 1. The molecule has 218 valence electrons. The van der Waals surface area contributed by atoms with Crippen molar-refractivity contribution in [1.29, 1.82) is 0 Å². The summed E-state index contributed by atoms with van der Waals surface area (Å²) in [4.78, 5) is 56.8. The van der Waals surface area contributed by atoms with Crippen LogP contribution in [0.1, 0.15) is 44.2 Å². The number of H-pyrrole nitrogens is 1. The Morgan fingerprint density at radius 1 is 1.02 bits per heavy atom. The van der Waals surface area contributed by atoms with Gasteiger partial charge in [-0.25, -0.2) is 4.79 Å². The molecular weight excluding hydrogens is 522 g/mol. The highest BCUT2D eigenvalue weighted by molar-refractivity contribution is 5.95. The monoisotopic (exact) mass is 561 g/mol. The summed E-state index contributed by atoms with van der Waals surface area (Å²) in [7, 11) is 0. The number of fused-ring (bicyclic) bond motifs is 1. The minimum Gasteiger partial charge on any atom is -0.480 e. The van der Waals surface area contributed by atoms with Gasteiger partial charge in [-0.2, -0.15) is 0 Å². The van der Waals surface area contributed by atoms with Crippen molar-refractivity contribution in [2.24, 2.45) is 11.7 Å². The highest BCUT2D eigenvalue weighted by atomic mass is 16.4. The molecule has 10 nitrogen and oxygen atoms in total. The van der Waals surface area contributed by atoms with E-state index in [2.05, 4.69) is 15.6 Å². The fraction of sp³-hybridized carbons (Fsp3) is 0.419. The Balaban J connectivity index is 1.52. The Labute approximate surface area is 239 Å². The van der Waals surface area contributed by atoms with Crippen molar-refractivity contribution >= 4 is 34.6 Å². The summed E-state index contributed by atoms with van der Waals surface area (Å²) in [5.74, 6) is -2.73. The van der Waals surface area contributed by atoms with Crippen LogP contribution in [0, 0.1) is 5.92 Å². The second kappa shape index (κ2) is 13.5. The van der Waals surface area contributed by atoms with E-state index in [0.717, 1.165) is 22.0 Å². The Morgan fingerprint density at radius 2 is 1.73 bits per heavy atom. The van der Waals surface area contributed by atoms with E-state index in [0.29, 0.717) is 25.8 Å². The van der Waals surface area contributed by atoms with E-state index in [-0.39, 0.29) is 18.8 Å². The number of likely N-dealkylation sites (tertiary alicyclic amines) is 1. The van der Waals surface area contributed by atoms with Crippen LogP contribution in [-0.4, -0.2) is 69.4 Å². The summed E-state index contributed by atoms with van der Waals surface area (Å²) in [6, 6.07) is 13.3. The maximum atomic E-state index is 13.7. The number of carbonyl (C=O) groups excluding carboxylic acids is 3. The first-order valence-electron chi connectivity index (χ1n) is 14.2. The zero-order valence-corrected chi connectivity index (χ0v) is 23.5. The largest absolute Gasteiger partial charge is 0.480 e. The van der Waals surface area contributed by atoms with Gasteiger partial charge in [0.2, 0.25) is 17.7 Å². The van der Waals surface area contributed by atoms with Crippen molar-refractivity contribution < 1.29 is 24.3 Å². The number of nitrogens with one attached hydrogen (secondary N) is 3. The van der Waals surface area contributed by atoms with Crippen LogP contribution in [0.25, 0.3) is 10.9 Å². The van der Waals surface area contributed by atoms with Gasteiger partial charge in [-0.15, -0.1) is 0 Å². The number of para-hydroxylation sites is 1. The maximum absolute atomic E-state index is 13.7. The van der Waals surface area contributed by atoms with Gasteiger partial charge in [-0.3, -0.25) is 14.4 Å². The maximum Gasteiger partial charge on any atom is 0.326 e. The molecular formula is C31H39N5O5. The Hall–Kier alpha value is -4.18. The molecule has 0 saturated carbocycles. The van der Waals surface area contributed by atoms with Gasteiger partial charge in [0.25, 0.3) is 0 Å². The molecule has 4 rings (SSSR count). The molecule has 10 heteroatoms. The van der Waals surface area contributed by atoms with Gasteiger partial charge in [0.15, 0.2) is 0 Å². The van der Waals surface area contributed by atoms with Gasteiger partial charge in [0, 0.05) is 30.1 Å². The summed E-state index contributed by atoms with van der Waals surface area (Å²) >= 11 is 0. The van der Waals surface area contributed by atoms with E-state index in [4.69, 9.17) is 5.73 Å². The second-order valence-corrected chi connectivity index (χ2v) is 10.8. The topological polar surface area (TPSA) is 158 Å². The molecule has 3 aromatic rings. The first kappa shape index (κ1) is 29.8. The number of hydrogen-bond acceptors (Lipinski definition) is 5. The Morgan fingerprint density at radius 3 is 2.44 bits per heavy atom. The van der Waals surface area contributed by atoms with E-state index in [1.54, 1.807) is 0 Å². The zero-order chi connectivity index (χ0) is 29.5. The number of carboxylic acids is 1. The molecule has 0 spiro atoms. The van der Waals surface area contributed by atoms with Crippen molar-refractivity contribution in [2.45, 2.75) is 70.1 Å². The van der Waals surface area contributed by atoms with E-state index < -0.39 is 47.9 Å². The molecule has 1 saturated heterocycles. The highest BCUT2D eigenvalue weighted by Gasteiger charge is 2.40. The lowest BCUT2D eigenvalue weighted by atomic mass is 9.96. The Kier molecular flexibility index (Phi) is 9.78. The molecule has 2 aromatic carbocycles. The van der Waals surface area contributed by atoms with Crippen molar-refractivity contribution in [2.75, 3.05) is 6.54 Å². The van der Waals surface area contributed by atoms with E-state index in [1.165, 1.54) is 4.90 Å². The van der Waals surface area contributed by atoms with Crippen LogP contribution in [0.2, 0.25) is 0 Å². The summed E-state index contributed by atoms with van der Waals surface area (Å²) in [5, 5.41) is 16.3. The average molecular weight is 562 g/mol. The summed E-state index contributed by atoms with van der Waals surface area (Å²) in [6.07, 6.45) is 3.86. The highest BCUT2D eigenvalue weighted by Crippen LogP contribution is 2.22. The van der Waals surface area contributed by atoms with Crippen molar-refractivity contribution in [1.82, 2.24) is 20.5 Å². The molecule has 5 unspecified atom stereocenters. The number of carbonyl (C=O) groups is 4.